The van der Waals surface area contributed by atoms with Crippen molar-refractivity contribution < 1.29 is 4.74 Å². The number of aromatic nitrogens is 1. The average molecular weight is 278 g/mol. The molecule has 3 nitrogen and oxygen atoms in total. The molecule has 21 heavy (non-hydrogen) atoms. The molecule has 2 aromatic carbocycles. The molecule has 3 aromatic rings. The average Bonchev–Trinajstić information content (AvgIpc) is 2.55. The highest BCUT2D eigenvalue weighted by Crippen LogP contribution is 2.27. The van der Waals surface area contributed by atoms with Crippen molar-refractivity contribution in [2.24, 2.45) is 5.73 Å². The van der Waals surface area contributed by atoms with E-state index in [1.165, 1.54) is 0 Å². The number of benzene rings is 2. The Morgan fingerprint density at radius 3 is 2.57 bits per heavy atom. The van der Waals surface area contributed by atoms with Crippen molar-refractivity contribution in [2.75, 3.05) is 6.61 Å². The molecule has 2 N–H and O–H groups in total. The van der Waals surface area contributed by atoms with Gasteiger partial charge in [0.15, 0.2) is 0 Å². The summed E-state index contributed by atoms with van der Waals surface area (Å²) >= 11 is 0. The van der Waals surface area contributed by atoms with Crippen LogP contribution < -0.4 is 10.5 Å². The fourth-order valence-corrected chi connectivity index (χ4v) is 2.51. The number of fused-ring (bicyclic) bond motifs is 1. The lowest BCUT2D eigenvalue weighted by atomic mass is 9.96. The van der Waals surface area contributed by atoms with Gasteiger partial charge in [0.1, 0.15) is 5.75 Å². The van der Waals surface area contributed by atoms with Crippen LogP contribution in [0.2, 0.25) is 0 Å². The first kappa shape index (κ1) is 13.6. The fourth-order valence-electron chi connectivity index (χ4n) is 2.51. The molecule has 0 bridgehead atoms. The minimum atomic E-state index is -0.173. The predicted molar refractivity (Wildman–Crippen MR) is 85.4 cm³/mol. The quantitative estimate of drug-likeness (QED) is 0.792. The van der Waals surface area contributed by atoms with Crippen molar-refractivity contribution in [1.29, 1.82) is 0 Å². The summed E-state index contributed by atoms with van der Waals surface area (Å²) in [5.74, 6) is 0.869. The molecule has 0 radical (unpaired) electrons. The van der Waals surface area contributed by atoms with E-state index >= 15 is 0 Å². The molecule has 0 spiro atoms. The molecule has 0 saturated heterocycles. The third kappa shape index (κ3) is 2.73. The van der Waals surface area contributed by atoms with Crippen molar-refractivity contribution in [3.8, 4) is 5.75 Å². The van der Waals surface area contributed by atoms with Crippen LogP contribution in [-0.4, -0.2) is 11.6 Å². The highest BCUT2D eigenvalue weighted by atomic mass is 16.5. The SMILES string of the molecule is CCOc1ccc(C(N)c2ccnc3ccccc23)cc1. The number of nitrogens with two attached hydrogens (primary N) is 1. The molecule has 0 aliphatic carbocycles. The van der Waals surface area contributed by atoms with E-state index in [1.54, 1.807) is 0 Å². The molecule has 3 rings (SSSR count). The van der Waals surface area contributed by atoms with Crippen molar-refractivity contribution in [3.05, 3.63) is 71.9 Å². The van der Waals surface area contributed by atoms with E-state index in [2.05, 4.69) is 11.1 Å². The van der Waals surface area contributed by atoms with Crippen LogP contribution in [0.15, 0.2) is 60.8 Å². The van der Waals surface area contributed by atoms with Gasteiger partial charge in [0.25, 0.3) is 0 Å². The molecule has 0 amide bonds. The Morgan fingerprint density at radius 1 is 1.05 bits per heavy atom. The maximum absolute atomic E-state index is 6.44. The van der Waals surface area contributed by atoms with Crippen LogP contribution in [-0.2, 0) is 0 Å². The zero-order valence-corrected chi connectivity index (χ0v) is 12.0. The zero-order valence-electron chi connectivity index (χ0n) is 12.0. The number of hydrogen-bond donors (Lipinski definition) is 1. The first-order valence-corrected chi connectivity index (χ1v) is 7.11. The van der Waals surface area contributed by atoms with Gasteiger partial charge in [-0.05, 0) is 42.3 Å². The minimum Gasteiger partial charge on any atom is -0.494 e. The summed E-state index contributed by atoms with van der Waals surface area (Å²) in [5.41, 5.74) is 9.56. The lowest BCUT2D eigenvalue weighted by molar-refractivity contribution is 0.340. The van der Waals surface area contributed by atoms with E-state index in [1.807, 2.05) is 61.7 Å². The maximum Gasteiger partial charge on any atom is 0.119 e. The summed E-state index contributed by atoms with van der Waals surface area (Å²) in [6, 6.07) is 17.8. The van der Waals surface area contributed by atoms with Crippen molar-refractivity contribution in [3.63, 3.8) is 0 Å². The Balaban J connectivity index is 1.98. The van der Waals surface area contributed by atoms with E-state index in [0.717, 1.165) is 27.8 Å². The Kier molecular flexibility index (Phi) is 3.84. The fraction of sp³-hybridized carbons (Fsp3) is 0.167. The number of ether oxygens (including phenoxy) is 1. The van der Waals surface area contributed by atoms with Crippen LogP contribution in [0.25, 0.3) is 10.9 Å². The van der Waals surface area contributed by atoms with E-state index < -0.39 is 0 Å². The van der Waals surface area contributed by atoms with Gasteiger partial charge in [-0.3, -0.25) is 4.98 Å². The summed E-state index contributed by atoms with van der Waals surface area (Å²) in [6.07, 6.45) is 1.81. The lowest BCUT2D eigenvalue weighted by Crippen LogP contribution is -2.12. The van der Waals surface area contributed by atoms with E-state index in [4.69, 9.17) is 10.5 Å². The molecule has 0 saturated carbocycles. The van der Waals surface area contributed by atoms with Gasteiger partial charge in [0.2, 0.25) is 0 Å². The normalized spacial score (nSPS) is 12.3. The summed E-state index contributed by atoms with van der Waals surface area (Å²) in [7, 11) is 0. The van der Waals surface area contributed by atoms with E-state index in [0.29, 0.717) is 6.61 Å². The topological polar surface area (TPSA) is 48.1 Å². The first-order valence-electron chi connectivity index (χ1n) is 7.11. The predicted octanol–water partition coefficient (Wildman–Crippen LogP) is 3.68. The summed E-state index contributed by atoms with van der Waals surface area (Å²) < 4.78 is 5.47. The second-order valence-corrected chi connectivity index (χ2v) is 4.90. The maximum atomic E-state index is 6.44. The van der Waals surface area contributed by atoms with Gasteiger partial charge in [-0.1, -0.05) is 30.3 Å². The number of para-hydroxylation sites is 1. The number of hydrogen-bond acceptors (Lipinski definition) is 3. The van der Waals surface area contributed by atoms with Crippen LogP contribution in [0, 0.1) is 0 Å². The standard InChI is InChI=1S/C18H18N2O/c1-2-21-14-9-7-13(8-10-14)18(19)16-11-12-20-17-6-4-3-5-15(16)17/h3-12,18H,2,19H2,1H3. The van der Waals surface area contributed by atoms with Crippen LogP contribution >= 0.6 is 0 Å². The number of pyridine rings is 1. The van der Waals surface area contributed by atoms with Crippen LogP contribution in [0.4, 0.5) is 0 Å². The molecule has 0 fully saturated rings. The molecule has 106 valence electrons. The number of rotatable bonds is 4. The molecule has 1 unspecified atom stereocenters. The largest absolute Gasteiger partial charge is 0.494 e. The Hall–Kier alpha value is -2.39. The molecular formula is C18H18N2O. The molecule has 1 atom stereocenters. The van der Waals surface area contributed by atoms with Crippen molar-refractivity contribution in [1.82, 2.24) is 4.98 Å². The lowest BCUT2D eigenvalue weighted by Gasteiger charge is -2.15. The molecule has 3 heteroatoms. The summed E-state index contributed by atoms with van der Waals surface area (Å²) in [5, 5.41) is 1.10. The van der Waals surface area contributed by atoms with Crippen molar-refractivity contribution >= 4 is 10.9 Å². The zero-order chi connectivity index (χ0) is 14.7. The summed E-state index contributed by atoms with van der Waals surface area (Å²) in [6.45, 7) is 2.64. The van der Waals surface area contributed by atoms with E-state index in [-0.39, 0.29) is 6.04 Å². The van der Waals surface area contributed by atoms with Crippen LogP contribution in [0.3, 0.4) is 0 Å². The van der Waals surface area contributed by atoms with Gasteiger partial charge in [0.05, 0.1) is 18.2 Å². The van der Waals surface area contributed by atoms with Crippen LogP contribution in [0.5, 0.6) is 5.75 Å². The molecule has 0 aliphatic rings. The smallest absolute Gasteiger partial charge is 0.119 e. The van der Waals surface area contributed by atoms with E-state index in [9.17, 15) is 0 Å². The van der Waals surface area contributed by atoms with Gasteiger partial charge in [-0.2, -0.15) is 0 Å². The van der Waals surface area contributed by atoms with Gasteiger partial charge in [-0.15, -0.1) is 0 Å². The second-order valence-electron chi connectivity index (χ2n) is 4.90. The second kappa shape index (κ2) is 5.94. The summed E-state index contributed by atoms with van der Waals surface area (Å²) in [4.78, 5) is 4.38. The highest BCUT2D eigenvalue weighted by Gasteiger charge is 2.12. The van der Waals surface area contributed by atoms with Crippen molar-refractivity contribution in [2.45, 2.75) is 13.0 Å². The molecule has 1 heterocycles. The minimum absolute atomic E-state index is 0.173. The first-order chi connectivity index (χ1) is 10.3. The van der Waals surface area contributed by atoms with Gasteiger partial charge in [-0.25, -0.2) is 0 Å². The van der Waals surface area contributed by atoms with Gasteiger partial charge in [0, 0.05) is 11.6 Å². The van der Waals surface area contributed by atoms with Gasteiger partial charge < -0.3 is 10.5 Å². The third-order valence-corrected chi connectivity index (χ3v) is 3.57. The highest BCUT2D eigenvalue weighted by molar-refractivity contribution is 5.82. The molecule has 0 aliphatic heterocycles. The van der Waals surface area contributed by atoms with Gasteiger partial charge >= 0.3 is 0 Å². The Labute approximate surface area is 124 Å². The third-order valence-electron chi connectivity index (χ3n) is 3.57. The molecular weight excluding hydrogens is 260 g/mol. The van der Waals surface area contributed by atoms with Crippen LogP contribution in [0.1, 0.15) is 24.1 Å². The Bertz CT molecular complexity index is 732. The number of nitrogens with zero attached hydrogens (tertiary/aromatic N) is 1. The monoisotopic (exact) mass is 278 g/mol. The molecule has 1 aromatic heterocycles. The Morgan fingerprint density at radius 2 is 1.81 bits per heavy atom.